The molecule has 0 saturated carbocycles. The first-order chi connectivity index (χ1) is 9.15. The summed E-state index contributed by atoms with van der Waals surface area (Å²) in [5.74, 6) is 0.975. The van der Waals surface area contributed by atoms with Gasteiger partial charge in [0.05, 0.1) is 12.1 Å². The lowest BCUT2D eigenvalue weighted by atomic mass is 10.2. The molecule has 0 unspecified atom stereocenters. The average Bonchev–Trinajstić information content (AvgIpc) is 2.84. The highest BCUT2D eigenvalue weighted by Gasteiger charge is 2.07. The average molecular weight is 298 g/mol. The Morgan fingerprint density at radius 1 is 1.37 bits per heavy atom. The molecule has 0 spiro atoms. The number of nitrogens with zero attached hydrogens (tertiary/aromatic N) is 1. The third kappa shape index (κ3) is 4.29. The van der Waals surface area contributed by atoms with Crippen molar-refractivity contribution in [3.63, 3.8) is 0 Å². The second-order valence-electron chi connectivity index (χ2n) is 3.85. The minimum Gasteiger partial charge on any atom is -0.481 e. The summed E-state index contributed by atoms with van der Waals surface area (Å²) in [5.41, 5.74) is 1.67. The first kappa shape index (κ1) is 14.0. The van der Waals surface area contributed by atoms with E-state index < -0.39 is 5.97 Å². The number of carboxylic acids is 1. The Bertz CT molecular complexity index is 553. The van der Waals surface area contributed by atoms with Gasteiger partial charge >= 0.3 is 5.97 Å². The van der Waals surface area contributed by atoms with Gasteiger partial charge in [0.2, 0.25) is 5.89 Å². The minimum atomic E-state index is -0.783. The molecule has 4 nitrogen and oxygen atoms in total. The van der Waals surface area contributed by atoms with Crippen molar-refractivity contribution in [3.05, 3.63) is 41.2 Å². The van der Waals surface area contributed by atoms with Gasteiger partial charge in [0.25, 0.3) is 0 Å². The van der Waals surface area contributed by atoms with Crippen molar-refractivity contribution in [3.8, 4) is 11.5 Å². The van der Waals surface area contributed by atoms with Crippen LogP contribution in [0.4, 0.5) is 0 Å². The van der Waals surface area contributed by atoms with Gasteiger partial charge in [-0.15, -0.1) is 0 Å². The van der Waals surface area contributed by atoms with Gasteiger partial charge < -0.3 is 9.52 Å². The fraction of sp³-hybridized carbons (Fsp3) is 0.231. The summed E-state index contributed by atoms with van der Waals surface area (Å²) in [5, 5.41) is 9.19. The predicted octanol–water partition coefficient (Wildman–Crippen LogP) is 3.70. The van der Waals surface area contributed by atoms with E-state index in [-0.39, 0.29) is 6.42 Å². The van der Waals surface area contributed by atoms with Crippen LogP contribution in [-0.2, 0) is 10.5 Å². The van der Waals surface area contributed by atoms with Crippen LogP contribution in [0.3, 0.4) is 0 Å². The molecule has 1 aromatic carbocycles. The Kier molecular flexibility index (Phi) is 4.87. The molecule has 100 valence electrons. The Morgan fingerprint density at radius 3 is 2.79 bits per heavy atom. The number of carboxylic acid groups (broad SMARTS) is 1. The van der Waals surface area contributed by atoms with Gasteiger partial charge in [-0.05, 0) is 24.3 Å². The van der Waals surface area contributed by atoms with Crippen LogP contribution in [0, 0.1) is 0 Å². The highest BCUT2D eigenvalue weighted by atomic mass is 35.5. The smallest absolute Gasteiger partial charge is 0.304 e. The van der Waals surface area contributed by atoms with Crippen molar-refractivity contribution in [1.82, 2.24) is 4.98 Å². The van der Waals surface area contributed by atoms with E-state index in [1.54, 1.807) is 18.4 Å². The van der Waals surface area contributed by atoms with Gasteiger partial charge in [0.15, 0.2) is 0 Å². The molecule has 2 aromatic rings. The molecule has 0 bridgehead atoms. The van der Waals surface area contributed by atoms with Crippen LogP contribution in [-0.4, -0.2) is 21.8 Å². The van der Waals surface area contributed by atoms with Gasteiger partial charge in [-0.25, -0.2) is 4.98 Å². The first-order valence-electron chi connectivity index (χ1n) is 5.65. The van der Waals surface area contributed by atoms with Crippen LogP contribution >= 0.6 is 23.4 Å². The fourth-order valence-electron chi connectivity index (χ4n) is 1.43. The van der Waals surface area contributed by atoms with Gasteiger partial charge in [0, 0.05) is 22.1 Å². The van der Waals surface area contributed by atoms with Crippen LogP contribution in [0.25, 0.3) is 11.5 Å². The Balaban J connectivity index is 1.91. The van der Waals surface area contributed by atoms with E-state index in [2.05, 4.69) is 4.98 Å². The molecule has 19 heavy (non-hydrogen) atoms. The third-order valence-electron chi connectivity index (χ3n) is 2.35. The van der Waals surface area contributed by atoms with E-state index in [0.717, 1.165) is 11.3 Å². The van der Waals surface area contributed by atoms with Gasteiger partial charge in [-0.2, -0.15) is 11.8 Å². The van der Waals surface area contributed by atoms with Crippen LogP contribution in [0.5, 0.6) is 0 Å². The zero-order valence-electron chi connectivity index (χ0n) is 10.0. The van der Waals surface area contributed by atoms with E-state index in [1.165, 1.54) is 11.8 Å². The molecule has 1 heterocycles. The first-order valence-corrected chi connectivity index (χ1v) is 7.18. The van der Waals surface area contributed by atoms with Crippen molar-refractivity contribution in [1.29, 1.82) is 0 Å². The quantitative estimate of drug-likeness (QED) is 0.824. The van der Waals surface area contributed by atoms with Crippen molar-refractivity contribution < 1.29 is 14.3 Å². The summed E-state index contributed by atoms with van der Waals surface area (Å²) < 4.78 is 5.38. The standard InChI is InChI=1S/C13H12ClNO3S/c14-10-3-1-9(2-4-10)13-15-11(7-18-13)8-19-6-5-12(16)17/h1-4,7H,5-6,8H2,(H,16,17). The van der Waals surface area contributed by atoms with Gasteiger partial charge in [0.1, 0.15) is 6.26 Å². The van der Waals surface area contributed by atoms with Crippen molar-refractivity contribution in [2.45, 2.75) is 12.2 Å². The number of rotatable bonds is 6. The van der Waals surface area contributed by atoms with E-state index >= 15 is 0 Å². The molecule has 0 aliphatic heterocycles. The largest absolute Gasteiger partial charge is 0.481 e. The molecule has 2 rings (SSSR count). The van der Waals surface area contributed by atoms with Gasteiger partial charge in [-0.3, -0.25) is 4.79 Å². The SMILES string of the molecule is O=C(O)CCSCc1coc(-c2ccc(Cl)cc2)n1. The van der Waals surface area contributed by atoms with E-state index in [1.807, 2.05) is 12.1 Å². The number of aromatic nitrogens is 1. The second kappa shape index (κ2) is 6.63. The van der Waals surface area contributed by atoms with Crippen molar-refractivity contribution in [2.24, 2.45) is 0 Å². The molecule has 1 aromatic heterocycles. The summed E-state index contributed by atoms with van der Waals surface area (Å²) in [6.07, 6.45) is 1.75. The molecule has 6 heteroatoms. The molecule has 0 atom stereocenters. The van der Waals surface area contributed by atoms with Crippen molar-refractivity contribution >= 4 is 29.3 Å². The molecule has 0 saturated heterocycles. The molecule has 0 amide bonds. The van der Waals surface area contributed by atoms with Crippen LogP contribution in [0.2, 0.25) is 5.02 Å². The minimum absolute atomic E-state index is 0.159. The topological polar surface area (TPSA) is 63.3 Å². The molecule has 1 N–H and O–H groups in total. The second-order valence-corrected chi connectivity index (χ2v) is 5.39. The number of halogens is 1. The summed E-state index contributed by atoms with van der Waals surface area (Å²) in [6, 6.07) is 7.25. The number of benzene rings is 1. The Hall–Kier alpha value is -1.46. The Morgan fingerprint density at radius 2 is 2.11 bits per heavy atom. The zero-order chi connectivity index (χ0) is 13.7. The molecule has 0 fully saturated rings. The van der Waals surface area contributed by atoms with E-state index in [9.17, 15) is 4.79 Å². The summed E-state index contributed by atoms with van der Waals surface area (Å²) >= 11 is 7.33. The van der Waals surface area contributed by atoms with Crippen LogP contribution in [0.15, 0.2) is 34.9 Å². The summed E-state index contributed by atoms with van der Waals surface area (Å²) in [7, 11) is 0. The molecule has 0 aliphatic rings. The maximum absolute atomic E-state index is 10.4. The highest BCUT2D eigenvalue weighted by Crippen LogP contribution is 2.22. The summed E-state index contributed by atoms with van der Waals surface area (Å²) in [4.78, 5) is 14.7. The maximum atomic E-state index is 10.4. The molecule has 0 aliphatic carbocycles. The predicted molar refractivity (Wildman–Crippen MR) is 75.4 cm³/mol. The van der Waals surface area contributed by atoms with Crippen molar-refractivity contribution in [2.75, 3.05) is 5.75 Å². The lowest BCUT2D eigenvalue weighted by molar-refractivity contribution is -0.136. The lowest BCUT2D eigenvalue weighted by Gasteiger charge is -1.96. The number of thioether (sulfide) groups is 1. The van der Waals surface area contributed by atoms with Crippen LogP contribution < -0.4 is 0 Å². The van der Waals surface area contributed by atoms with Crippen LogP contribution in [0.1, 0.15) is 12.1 Å². The Labute approximate surface area is 119 Å². The normalized spacial score (nSPS) is 10.6. The molecular weight excluding hydrogens is 286 g/mol. The zero-order valence-corrected chi connectivity index (χ0v) is 11.6. The monoisotopic (exact) mass is 297 g/mol. The third-order valence-corrected chi connectivity index (χ3v) is 3.60. The summed E-state index contributed by atoms with van der Waals surface area (Å²) in [6.45, 7) is 0. The highest BCUT2D eigenvalue weighted by molar-refractivity contribution is 7.98. The number of aliphatic carboxylic acids is 1. The molecular formula is C13H12ClNO3S. The fourth-order valence-corrected chi connectivity index (χ4v) is 2.37. The maximum Gasteiger partial charge on any atom is 0.304 e. The molecule has 0 radical (unpaired) electrons. The van der Waals surface area contributed by atoms with E-state index in [4.69, 9.17) is 21.1 Å². The number of hydrogen-bond donors (Lipinski definition) is 1. The number of hydrogen-bond acceptors (Lipinski definition) is 4. The number of carbonyl (C=O) groups is 1. The van der Waals surface area contributed by atoms with E-state index in [0.29, 0.717) is 22.4 Å². The number of oxazole rings is 1. The lowest BCUT2D eigenvalue weighted by Crippen LogP contribution is -1.96. The van der Waals surface area contributed by atoms with Gasteiger partial charge in [-0.1, -0.05) is 11.6 Å².